The van der Waals surface area contributed by atoms with Crippen LogP contribution in [-0.2, 0) is 10.3 Å². The Morgan fingerprint density at radius 2 is 1.88 bits per heavy atom. The van der Waals surface area contributed by atoms with Crippen LogP contribution in [0.1, 0.15) is 55.8 Å². The lowest BCUT2D eigenvalue weighted by atomic mass is 9.78. The van der Waals surface area contributed by atoms with E-state index in [1.54, 1.807) is 30.5 Å². The van der Waals surface area contributed by atoms with E-state index in [9.17, 15) is 14.7 Å². The number of halogens is 2. The number of benzene rings is 1. The maximum atomic E-state index is 15.3. The summed E-state index contributed by atoms with van der Waals surface area (Å²) in [4.78, 5) is 36.6. The number of amides is 3. The van der Waals surface area contributed by atoms with Gasteiger partial charge in [0.25, 0.3) is 0 Å². The first-order chi connectivity index (χ1) is 20.7. The van der Waals surface area contributed by atoms with Gasteiger partial charge < -0.3 is 20.6 Å². The number of rotatable bonds is 11. The van der Waals surface area contributed by atoms with Crippen LogP contribution < -0.4 is 16.0 Å². The standard InChI is InChI=1S/C32H38ClFN6O3/c1-3-37-32(12-10-21-4-5-21,24-11-13-35-20(2)14-24)23-6-8-26(34)27(16-23)38-30(42)28-15-22(19-41)18-40(28)31(43)39-29-9-7-25(33)17-36-29/h6-9,11,13-14,16-17,21-22,28,37,41H,3-5,10,12,15,18-19H2,1-2H3,(H,38,42)(H,36,39,43)/t22-,28-,32?/m1/s1. The van der Waals surface area contributed by atoms with E-state index in [1.165, 1.54) is 30.0 Å². The molecule has 2 fully saturated rings. The molecule has 4 N–H and O–H groups in total. The lowest BCUT2D eigenvalue weighted by Gasteiger charge is -2.37. The molecule has 11 heteroatoms. The number of carbonyl (C=O) groups is 2. The molecule has 0 spiro atoms. The highest BCUT2D eigenvalue weighted by molar-refractivity contribution is 6.30. The first kappa shape index (κ1) is 30.8. The van der Waals surface area contributed by atoms with E-state index >= 15 is 4.39 Å². The number of aliphatic hydroxyl groups is 1. The van der Waals surface area contributed by atoms with Crippen molar-refractivity contribution in [2.24, 2.45) is 11.8 Å². The fourth-order valence-corrected chi connectivity index (χ4v) is 6.06. The summed E-state index contributed by atoms with van der Waals surface area (Å²) in [6.45, 7) is 4.66. The number of carbonyl (C=O) groups excluding carboxylic acids is 2. The van der Waals surface area contributed by atoms with Gasteiger partial charge in [0.2, 0.25) is 5.91 Å². The van der Waals surface area contributed by atoms with Crippen LogP contribution in [0.25, 0.3) is 0 Å². The lowest BCUT2D eigenvalue weighted by molar-refractivity contribution is -0.119. The van der Waals surface area contributed by atoms with Crippen molar-refractivity contribution in [3.63, 3.8) is 0 Å². The average Bonchev–Trinajstić information content (AvgIpc) is 3.73. The van der Waals surface area contributed by atoms with Crippen molar-refractivity contribution in [3.05, 3.63) is 82.5 Å². The second kappa shape index (κ2) is 13.4. The molecule has 0 radical (unpaired) electrons. The molecule has 2 aliphatic rings. The molecular weight excluding hydrogens is 571 g/mol. The monoisotopic (exact) mass is 608 g/mol. The number of hydrogen-bond donors (Lipinski definition) is 4. The van der Waals surface area contributed by atoms with Crippen LogP contribution in [0.3, 0.4) is 0 Å². The Bertz CT molecular complexity index is 1450. The molecule has 1 aliphatic heterocycles. The third-order valence-electron chi connectivity index (χ3n) is 8.38. The molecule has 3 aromatic rings. The van der Waals surface area contributed by atoms with Gasteiger partial charge in [-0.2, -0.15) is 0 Å². The molecule has 0 bridgehead atoms. The van der Waals surface area contributed by atoms with Crippen molar-refractivity contribution >= 4 is 35.0 Å². The summed E-state index contributed by atoms with van der Waals surface area (Å²) in [6.07, 6.45) is 7.70. The van der Waals surface area contributed by atoms with Gasteiger partial charge >= 0.3 is 6.03 Å². The van der Waals surface area contributed by atoms with Crippen LogP contribution in [0.15, 0.2) is 54.9 Å². The summed E-state index contributed by atoms with van der Waals surface area (Å²) in [6, 6.07) is 10.6. The number of likely N-dealkylation sites (tertiary alicyclic amines) is 1. The minimum atomic E-state index is -0.913. The predicted molar refractivity (Wildman–Crippen MR) is 164 cm³/mol. The predicted octanol–water partition coefficient (Wildman–Crippen LogP) is 5.47. The molecule has 5 rings (SSSR count). The van der Waals surface area contributed by atoms with Crippen LogP contribution in [0.2, 0.25) is 5.02 Å². The summed E-state index contributed by atoms with van der Waals surface area (Å²) in [5, 5.41) is 19.4. The molecule has 2 aromatic heterocycles. The summed E-state index contributed by atoms with van der Waals surface area (Å²) in [7, 11) is 0. The highest BCUT2D eigenvalue weighted by Crippen LogP contribution is 2.42. The normalized spacial score (nSPS) is 19.6. The van der Waals surface area contributed by atoms with Gasteiger partial charge in [0.1, 0.15) is 17.7 Å². The largest absolute Gasteiger partial charge is 0.396 e. The van der Waals surface area contributed by atoms with Crippen LogP contribution >= 0.6 is 11.6 Å². The Morgan fingerprint density at radius 3 is 2.56 bits per heavy atom. The van der Waals surface area contributed by atoms with Crippen molar-refractivity contribution < 1.29 is 19.1 Å². The van der Waals surface area contributed by atoms with Crippen LogP contribution in [0.5, 0.6) is 0 Å². The van der Waals surface area contributed by atoms with Gasteiger partial charge in [-0.3, -0.25) is 15.1 Å². The van der Waals surface area contributed by atoms with Gasteiger partial charge in [0.05, 0.1) is 16.2 Å². The second-order valence-corrected chi connectivity index (χ2v) is 12.0. The maximum Gasteiger partial charge on any atom is 0.323 e. The molecule has 1 saturated heterocycles. The minimum absolute atomic E-state index is 0.0363. The Hall–Kier alpha value is -3.60. The summed E-state index contributed by atoms with van der Waals surface area (Å²) in [5.41, 5.74) is 2.18. The van der Waals surface area contributed by atoms with E-state index < -0.39 is 29.3 Å². The van der Waals surface area contributed by atoms with Crippen LogP contribution in [-0.4, -0.2) is 57.7 Å². The lowest BCUT2D eigenvalue weighted by Crippen LogP contribution is -2.45. The Labute approximate surface area is 256 Å². The number of aromatic nitrogens is 2. The first-order valence-corrected chi connectivity index (χ1v) is 15.2. The van der Waals surface area contributed by atoms with Crippen molar-refractivity contribution in [1.82, 2.24) is 20.2 Å². The quantitative estimate of drug-likeness (QED) is 0.229. The number of anilines is 2. The molecule has 1 aromatic carbocycles. The second-order valence-electron chi connectivity index (χ2n) is 11.5. The third-order valence-corrected chi connectivity index (χ3v) is 8.60. The summed E-state index contributed by atoms with van der Waals surface area (Å²) in [5.74, 6) is -0.444. The zero-order valence-electron chi connectivity index (χ0n) is 24.4. The number of pyridine rings is 2. The van der Waals surface area contributed by atoms with Gasteiger partial charge in [-0.15, -0.1) is 0 Å². The van der Waals surface area contributed by atoms with Gasteiger partial charge in [-0.05, 0) is 86.2 Å². The molecule has 43 heavy (non-hydrogen) atoms. The molecule has 3 amide bonds. The molecule has 1 aliphatic carbocycles. The third kappa shape index (κ3) is 7.14. The number of hydrogen-bond acceptors (Lipinski definition) is 6. The maximum absolute atomic E-state index is 15.3. The zero-order chi connectivity index (χ0) is 30.6. The Balaban J connectivity index is 1.42. The molecule has 3 heterocycles. The first-order valence-electron chi connectivity index (χ1n) is 14.8. The van der Waals surface area contributed by atoms with E-state index in [0.717, 1.165) is 29.7 Å². The van der Waals surface area contributed by atoms with E-state index in [1.807, 2.05) is 19.9 Å². The van der Waals surface area contributed by atoms with E-state index in [2.05, 4.69) is 32.0 Å². The number of nitrogens with zero attached hydrogens (tertiary/aromatic N) is 3. The molecular formula is C32H38ClFN6O3. The molecule has 9 nitrogen and oxygen atoms in total. The molecule has 228 valence electrons. The smallest absolute Gasteiger partial charge is 0.323 e. The van der Waals surface area contributed by atoms with Gasteiger partial charge in [-0.25, -0.2) is 14.2 Å². The number of aliphatic hydroxyl groups excluding tert-OH is 1. The van der Waals surface area contributed by atoms with E-state index in [4.69, 9.17) is 11.6 Å². The number of urea groups is 1. The Morgan fingerprint density at radius 1 is 1.09 bits per heavy atom. The van der Waals surface area contributed by atoms with Crippen molar-refractivity contribution in [2.75, 3.05) is 30.3 Å². The van der Waals surface area contributed by atoms with Crippen molar-refractivity contribution in [3.8, 4) is 0 Å². The number of aryl methyl sites for hydroxylation is 1. The van der Waals surface area contributed by atoms with Gasteiger partial charge in [-0.1, -0.05) is 37.4 Å². The minimum Gasteiger partial charge on any atom is -0.396 e. The van der Waals surface area contributed by atoms with Gasteiger partial charge in [0, 0.05) is 37.2 Å². The van der Waals surface area contributed by atoms with E-state index in [-0.39, 0.29) is 37.0 Å². The SMILES string of the molecule is CCNC(CCC1CC1)(c1ccnc(C)c1)c1ccc(F)c(NC(=O)[C@H]2C[C@@H](CO)CN2C(=O)Nc2ccc(Cl)cn2)c1. The van der Waals surface area contributed by atoms with Crippen LogP contribution in [0.4, 0.5) is 20.7 Å². The molecule has 1 unspecified atom stereocenters. The van der Waals surface area contributed by atoms with Crippen molar-refractivity contribution in [2.45, 2.75) is 57.5 Å². The molecule has 3 atom stereocenters. The fourth-order valence-electron chi connectivity index (χ4n) is 5.95. The van der Waals surface area contributed by atoms with Crippen LogP contribution in [0, 0.1) is 24.6 Å². The van der Waals surface area contributed by atoms with E-state index in [0.29, 0.717) is 17.5 Å². The van der Waals surface area contributed by atoms with Crippen molar-refractivity contribution in [1.29, 1.82) is 0 Å². The highest BCUT2D eigenvalue weighted by atomic mass is 35.5. The summed E-state index contributed by atoms with van der Waals surface area (Å²) < 4.78 is 15.3. The highest BCUT2D eigenvalue weighted by Gasteiger charge is 2.40. The summed E-state index contributed by atoms with van der Waals surface area (Å²) >= 11 is 5.90. The zero-order valence-corrected chi connectivity index (χ0v) is 25.2. The molecule has 1 saturated carbocycles. The number of nitrogens with one attached hydrogen (secondary N) is 3. The Kier molecular flexibility index (Phi) is 9.59. The van der Waals surface area contributed by atoms with Gasteiger partial charge in [0.15, 0.2) is 0 Å². The fraction of sp³-hybridized carbons (Fsp3) is 0.438. The average molecular weight is 609 g/mol. The topological polar surface area (TPSA) is 119 Å².